The van der Waals surface area contributed by atoms with E-state index in [-0.39, 0.29) is 49.9 Å². The minimum absolute atomic E-state index is 0.00739. The lowest BCUT2D eigenvalue weighted by molar-refractivity contribution is -0.140. The molecule has 1 aromatic carbocycles. The van der Waals surface area contributed by atoms with Crippen molar-refractivity contribution >= 4 is 117 Å². The van der Waals surface area contributed by atoms with Crippen molar-refractivity contribution in [3.63, 3.8) is 0 Å². The van der Waals surface area contributed by atoms with E-state index in [0.29, 0.717) is 6.42 Å². The van der Waals surface area contributed by atoms with Crippen molar-refractivity contribution in [2.45, 2.75) is 291 Å². The maximum Gasteiger partial charge on any atom is 0.246 e. The van der Waals surface area contributed by atoms with Crippen LogP contribution in [0.3, 0.4) is 0 Å². The summed E-state index contributed by atoms with van der Waals surface area (Å²) in [6.07, 6.45) is -0.143. The molecule has 0 aliphatic heterocycles. The number of nitrogens with one attached hydrogen (secondary N) is 16. The number of aliphatic hydroxyl groups excluding tert-OH is 1. The second-order valence-corrected chi connectivity index (χ2v) is 32.5. The smallest absolute Gasteiger partial charge is 0.246 e. The third-order valence-electron chi connectivity index (χ3n) is 18.0. The molecule has 18 amide bonds. The molecule has 2 aromatic rings. The average Bonchev–Trinajstić information content (AvgIpc) is 1.52. The van der Waals surface area contributed by atoms with Gasteiger partial charge in [0.1, 0.15) is 82.1 Å². The predicted octanol–water partition coefficient (Wildman–Crippen LogP) is -2.96. The highest BCUT2D eigenvalue weighted by molar-refractivity contribution is 6.03. The van der Waals surface area contributed by atoms with Crippen molar-refractivity contribution in [2.24, 2.45) is 35.0 Å². The Balaban J connectivity index is 2.20. The van der Waals surface area contributed by atoms with Gasteiger partial charge in [-0.1, -0.05) is 59.7 Å². The maximum atomic E-state index is 14.2. The molecule has 0 aliphatic carbocycles. The lowest BCUT2D eigenvalue weighted by Crippen LogP contribution is -2.66. The van der Waals surface area contributed by atoms with Crippen LogP contribution in [0.25, 0.3) is 10.9 Å². The largest absolute Gasteiger partial charge is 0.394 e. The maximum absolute atomic E-state index is 14.2. The van der Waals surface area contributed by atoms with E-state index in [1.807, 2.05) is 38.1 Å². The Kier molecular flexibility index (Phi) is 37.6. The third kappa shape index (κ3) is 33.2. The number of hydrogen-bond acceptors (Lipinski definition) is 19. The van der Waals surface area contributed by atoms with Gasteiger partial charge in [-0.2, -0.15) is 0 Å². The molecule has 2 rings (SSSR count). The predicted molar refractivity (Wildman–Crippen MR) is 416 cm³/mol. The summed E-state index contributed by atoms with van der Waals surface area (Å²) in [5.41, 5.74) is 8.67. The number of aromatic amines is 1. The Labute approximate surface area is 659 Å². The van der Waals surface area contributed by atoms with Crippen LogP contribution < -0.4 is 97.0 Å². The molecule has 0 spiro atoms. The lowest BCUT2D eigenvalue weighted by Gasteiger charge is -2.34. The van der Waals surface area contributed by atoms with Crippen LogP contribution in [0, 0.1) is 17.8 Å². The first-order chi connectivity index (χ1) is 51.9. The molecule has 0 saturated heterocycles. The van der Waals surface area contributed by atoms with Crippen molar-refractivity contribution in [1.82, 2.24) is 84.7 Å². The van der Waals surface area contributed by atoms with Gasteiger partial charge in [0.05, 0.1) is 12.6 Å². The number of aliphatic hydroxyl groups is 1. The number of amides is 18. The molecule has 113 heavy (non-hydrogen) atoms. The number of primary amides is 3. The van der Waals surface area contributed by atoms with E-state index in [0.717, 1.165) is 16.5 Å². The third-order valence-corrected chi connectivity index (χ3v) is 18.0. The van der Waals surface area contributed by atoms with Gasteiger partial charge >= 0.3 is 0 Å². The van der Waals surface area contributed by atoms with Gasteiger partial charge in [0.2, 0.25) is 106 Å². The van der Waals surface area contributed by atoms with Crippen molar-refractivity contribution in [2.75, 3.05) is 6.61 Å². The Morgan fingerprint density at radius 2 is 0.690 bits per heavy atom. The summed E-state index contributed by atoms with van der Waals surface area (Å²) in [6, 6.07) is -5.81. The highest BCUT2D eigenvalue weighted by Crippen LogP contribution is 2.21. The number of rotatable bonds is 47. The summed E-state index contributed by atoms with van der Waals surface area (Å²) in [5.74, 6) is -16.0. The highest BCUT2D eigenvalue weighted by Gasteiger charge is 2.43. The number of aromatic nitrogens is 1. The molecular formula is C75H123N19O19. The number of benzene rings is 1. The van der Waals surface area contributed by atoms with Crippen LogP contribution in [-0.4, -0.2) is 211 Å². The monoisotopic (exact) mass is 1590 g/mol. The van der Waals surface area contributed by atoms with Gasteiger partial charge in [0.15, 0.2) is 0 Å². The molecule has 38 heteroatoms. The molecule has 0 bridgehead atoms. The molecule has 0 saturated carbocycles. The molecule has 10 atom stereocenters. The van der Waals surface area contributed by atoms with E-state index in [9.17, 15) is 91.4 Å². The quantitative estimate of drug-likeness (QED) is 0.0315. The van der Waals surface area contributed by atoms with Gasteiger partial charge < -0.3 is 107 Å². The fourth-order valence-corrected chi connectivity index (χ4v) is 11.2. The zero-order valence-corrected chi connectivity index (χ0v) is 68.7. The molecule has 23 N–H and O–H groups in total. The van der Waals surface area contributed by atoms with Gasteiger partial charge in [-0.25, -0.2) is 0 Å². The number of fused-ring (bicyclic) bond motifs is 1. The fourth-order valence-electron chi connectivity index (χ4n) is 11.2. The first-order valence-electron chi connectivity index (χ1n) is 37.6. The van der Waals surface area contributed by atoms with E-state index < -0.39 is 227 Å². The van der Waals surface area contributed by atoms with Crippen LogP contribution >= 0.6 is 0 Å². The van der Waals surface area contributed by atoms with Crippen molar-refractivity contribution < 1.29 is 91.4 Å². The van der Waals surface area contributed by atoms with Crippen LogP contribution in [0.1, 0.15) is 202 Å². The zero-order chi connectivity index (χ0) is 86.8. The minimum atomic E-state index is -1.91. The number of para-hydroxylation sites is 1. The minimum Gasteiger partial charge on any atom is -0.394 e. The standard InChI is InChI=1S/C75H123N19O19/c1-37(2)31-45(36-95)84-60(103)49(26-29-55(77)98)87-67(110)72(13,14)92-64(107)51(32-38(3)4)86-61(104)48(25-28-54(76)97)85-58(101)40(7)80-57(100)41(8)82-66(109)71(11,12)91-63(106)50(27-30-56(78)99)88-68(111)73(15,16)93-65(108)52(33-39(5)6)89-69(112)74(17,18)94-70(113)75(19,20)90-59(102)42(9)81-62(105)53(83-43(10)96)34-44-35-79-47-24-22-21-23-46(44)47/h21-24,35,37-42,45,48-53,79,95H,25-34,36H2,1-20H3,(H2,76,97)(H2,77,98)(H2,78,99)(H,80,100)(H,81,105)(H,82,109)(H,83,96)(H,84,103)(H,85,101)(H,86,104)(H,87,110)(H,88,111)(H,89,112)(H,90,102)(H,91,106)(H,92,107)(H,93,108)(H,94,113)/t40-,41-,42+,45+,48+,49+,50+,51-,52-,53-/m0/s1. The van der Waals surface area contributed by atoms with Gasteiger partial charge in [-0.05, 0) is 158 Å². The summed E-state index contributed by atoms with van der Waals surface area (Å²) in [4.78, 5) is 245. The number of carbonyl (C=O) groups is 18. The van der Waals surface area contributed by atoms with Crippen molar-refractivity contribution in [1.29, 1.82) is 0 Å². The zero-order valence-electron chi connectivity index (χ0n) is 68.7. The average molecular weight is 1590 g/mol. The summed E-state index contributed by atoms with van der Waals surface area (Å²) in [5, 5.41) is 48.8. The first-order valence-corrected chi connectivity index (χ1v) is 37.6. The van der Waals surface area contributed by atoms with Crippen molar-refractivity contribution in [3.05, 3.63) is 36.0 Å². The number of carbonyl (C=O) groups excluding carboxylic acids is 18. The summed E-state index contributed by atoms with van der Waals surface area (Å²) in [7, 11) is 0. The van der Waals surface area contributed by atoms with E-state index in [1.165, 1.54) is 96.9 Å². The Morgan fingerprint density at radius 3 is 1.13 bits per heavy atom. The molecule has 0 radical (unpaired) electrons. The SMILES string of the molecule is CC(=O)N[C@@H](Cc1c[nH]c2ccccc12)C(=O)N[C@H](C)C(=O)NC(C)(C)C(=O)NC(C)(C)C(=O)N[C@@H](CC(C)C)C(=O)NC(C)(C)C(=O)N[C@H](CCC(N)=O)C(=O)NC(C)(C)C(=O)N[C@@H](C)C(=O)N[C@@H](C)C(=O)N[C@H](CCC(N)=O)C(=O)N[C@@H](CC(C)C)C(=O)NC(C)(C)C(=O)N[C@H](CCC(N)=O)C(=O)N[C@@H](CO)CC(C)C. The molecular weight excluding hydrogens is 1470 g/mol. The van der Waals surface area contributed by atoms with Gasteiger partial charge in [-0.3, -0.25) is 86.3 Å². The molecule has 0 fully saturated rings. The van der Waals surface area contributed by atoms with Gasteiger partial charge in [0, 0.05) is 49.7 Å². The van der Waals surface area contributed by atoms with Crippen LogP contribution in [-0.2, 0) is 92.7 Å². The Bertz CT molecular complexity index is 3790. The number of hydrogen-bond donors (Lipinski definition) is 20. The van der Waals surface area contributed by atoms with Crippen molar-refractivity contribution in [3.8, 4) is 0 Å². The van der Waals surface area contributed by atoms with Crippen LogP contribution in [0.5, 0.6) is 0 Å². The normalized spacial score (nSPS) is 14.5. The second-order valence-electron chi connectivity index (χ2n) is 32.5. The Morgan fingerprint density at radius 1 is 0.363 bits per heavy atom. The molecule has 1 aromatic heterocycles. The fraction of sp³-hybridized carbons (Fsp3) is 0.653. The summed E-state index contributed by atoms with van der Waals surface area (Å²) < 4.78 is 0. The Hall–Kier alpha value is -10.8. The molecule has 632 valence electrons. The number of nitrogens with two attached hydrogens (primary N) is 3. The molecule has 0 unspecified atom stereocenters. The highest BCUT2D eigenvalue weighted by atomic mass is 16.3. The van der Waals surface area contributed by atoms with Crippen LogP contribution in [0.2, 0.25) is 0 Å². The molecule has 1 heterocycles. The van der Waals surface area contributed by atoms with Gasteiger partial charge in [-0.15, -0.1) is 0 Å². The first kappa shape index (κ1) is 98.3. The summed E-state index contributed by atoms with van der Waals surface area (Å²) >= 11 is 0. The second kappa shape index (κ2) is 43.3. The molecule has 0 aliphatic rings. The van der Waals surface area contributed by atoms with E-state index in [1.54, 1.807) is 33.9 Å². The van der Waals surface area contributed by atoms with E-state index >= 15 is 0 Å². The van der Waals surface area contributed by atoms with Crippen LogP contribution in [0.4, 0.5) is 0 Å². The van der Waals surface area contributed by atoms with E-state index in [4.69, 9.17) is 17.2 Å². The molecule has 38 nitrogen and oxygen atoms in total. The number of H-pyrrole nitrogens is 1. The van der Waals surface area contributed by atoms with E-state index in [2.05, 4.69) is 84.7 Å². The topological polar surface area (TPSA) is 602 Å². The van der Waals surface area contributed by atoms with Gasteiger partial charge in [0.25, 0.3) is 0 Å². The summed E-state index contributed by atoms with van der Waals surface area (Å²) in [6.45, 7) is 28.4. The van der Waals surface area contributed by atoms with Crippen LogP contribution in [0.15, 0.2) is 30.5 Å². The lowest BCUT2D eigenvalue weighted by atomic mass is 9.96.